The molecule has 0 N–H and O–H groups in total. The van der Waals surface area contributed by atoms with Crippen LogP contribution in [0, 0.1) is 11.8 Å². The Bertz CT molecular complexity index is 447. The van der Waals surface area contributed by atoms with Gasteiger partial charge in [0.2, 0.25) is 0 Å². The Balaban J connectivity index is 1.79. The van der Waals surface area contributed by atoms with Crippen LogP contribution in [0.2, 0.25) is 15.1 Å². The van der Waals surface area contributed by atoms with Crippen LogP contribution in [0.3, 0.4) is 0 Å². The van der Waals surface area contributed by atoms with Gasteiger partial charge in [-0.3, -0.25) is 0 Å². The summed E-state index contributed by atoms with van der Waals surface area (Å²) >= 11 is 20.1. The van der Waals surface area contributed by atoms with E-state index in [0.29, 0.717) is 10.0 Å². The van der Waals surface area contributed by atoms with E-state index in [1.54, 1.807) is 6.07 Å². The molecule has 0 nitrogen and oxygen atoms in total. The van der Waals surface area contributed by atoms with E-state index in [-0.39, 0.29) is 0 Å². The zero-order valence-electron chi connectivity index (χ0n) is 9.26. The fourth-order valence-corrected chi connectivity index (χ4v) is 5.33. The first-order valence-electron chi connectivity index (χ1n) is 5.94. The van der Waals surface area contributed by atoms with Crippen LogP contribution < -0.4 is 0 Å². The average molecular weight is 308 g/mol. The van der Waals surface area contributed by atoms with Crippen LogP contribution in [-0.2, 0) is 0 Å². The molecule has 0 radical (unpaired) electrons. The Morgan fingerprint density at radius 3 is 2.35 bits per heavy atom. The molecule has 17 heavy (non-hydrogen) atoms. The van der Waals surface area contributed by atoms with Gasteiger partial charge in [0.25, 0.3) is 0 Å². The number of benzene rings is 1. The van der Waals surface area contributed by atoms with Crippen molar-refractivity contribution in [1.82, 2.24) is 0 Å². The molecular formula is C13H13Cl3S. The van der Waals surface area contributed by atoms with Crippen LogP contribution in [0.1, 0.15) is 25.7 Å². The number of halogens is 3. The lowest BCUT2D eigenvalue weighted by atomic mass is 10.0. The van der Waals surface area contributed by atoms with E-state index in [4.69, 9.17) is 34.8 Å². The minimum Gasteiger partial charge on any atom is -0.121 e. The van der Waals surface area contributed by atoms with E-state index >= 15 is 0 Å². The van der Waals surface area contributed by atoms with E-state index < -0.39 is 0 Å². The van der Waals surface area contributed by atoms with Crippen molar-refractivity contribution in [2.24, 2.45) is 11.8 Å². The highest BCUT2D eigenvalue weighted by atomic mass is 35.5. The predicted molar refractivity (Wildman–Crippen MR) is 76.6 cm³/mol. The van der Waals surface area contributed by atoms with Crippen LogP contribution >= 0.6 is 46.6 Å². The lowest BCUT2D eigenvalue weighted by Gasteiger charge is -2.21. The average Bonchev–Trinajstić information content (AvgIpc) is 2.87. The molecule has 0 spiro atoms. The Labute approximate surface area is 121 Å². The molecule has 1 aromatic carbocycles. The van der Waals surface area contributed by atoms with Crippen LogP contribution in [-0.4, -0.2) is 5.25 Å². The van der Waals surface area contributed by atoms with Crippen molar-refractivity contribution in [3.05, 3.63) is 27.2 Å². The van der Waals surface area contributed by atoms with Gasteiger partial charge in [0.1, 0.15) is 0 Å². The van der Waals surface area contributed by atoms with Crippen LogP contribution in [0.5, 0.6) is 0 Å². The molecule has 4 heteroatoms. The second-order valence-corrected chi connectivity index (χ2v) is 7.53. The zero-order chi connectivity index (χ0) is 12.0. The second kappa shape index (κ2) is 4.85. The molecule has 3 atom stereocenters. The first kappa shape index (κ1) is 12.5. The molecule has 2 saturated carbocycles. The van der Waals surface area contributed by atoms with Crippen molar-refractivity contribution < 1.29 is 0 Å². The van der Waals surface area contributed by atoms with E-state index in [2.05, 4.69) is 0 Å². The van der Waals surface area contributed by atoms with Crippen LogP contribution in [0.4, 0.5) is 0 Å². The summed E-state index contributed by atoms with van der Waals surface area (Å²) in [6, 6.07) is 3.66. The smallest absolute Gasteiger partial charge is 0.0607 e. The standard InChI is InChI=1S/C13H13Cl3S/c14-9-5-11(16)13(6-10(9)15)17-12-4-7-1-2-8(12)3-7/h5-8,12H,1-4H2. The van der Waals surface area contributed by atoms with Crippen molar-refractivity contribution >= 4 is 46.6 Å². The number of hydrogen-bond acceptors (Lipinski definition) is 1. The zero-order valence-corrected chi connectivity index (χ0v) is 12.3. The monoisotopic (exact) mass is 306 g/mol. The molecule has 3 unspecified atom stereocenters. The summed E-state index contributed by atoms with van der Waals surface area (Å²) in [5.41, 5.74) is 0. The highest BCUT2D eigenvalue weighted by molar-refractivity contribution is 8.00. The Morgan fingerprint density at radius 1 is 0.941 bits per heavy atom. The van der Waals surface area contributed by atoms with Gasteiger partial charge in [-0.25, -0.2) is 0 Å². The van der Waals surface area contributed by atoms with E-state index in [0.717, 1.165) is 27.0 Å². The molecule has 2 bridgehead atoms. The summed E-state index contributed by atoms with van der Waals surface area (Å²) in [5.74, 6) is 1.84. The predicted octanol–water partition coefficient (Wildman–Crippen LogP) is 5.93. The summed E-state index contributed by atoms with van der Waals surface area (Å²) < 4.78 is 0. The van der Waals surface area contributed by atoms with E-state index in [1.807, 2.05) is 17.8 Å². The van der Waals surface area contributed by atoms with Crippen molar-refractivity contribution in [3.8, 4) is 0 Å². The van der Waals surface area contributed by atoms with E-state index in [1.165, 1.54) is 25.7 Å². The summed E-state index contributed by atoms with van der Waals surface area (Å²) in [4.78, 5) is 1.08. The second-order valence-electron chi connectivity index (χ2n) is 5.03. The SMILES string of the molecule is Clc1cc(Cl)c(SC2CC3CCC2C3)cc1Cl. The normalized spacial score (nSPS) is 31.1. The lowest BCUT2D eigenvalue weighted by molar-refractivity contribution is 0.492. The molecule has 2 fully saturated rings. The maximum absolute atomic E-state index is 6.22. The van der Waals surface area contributed by atoms with Gasteiger partial charge < -0.3 is 0 Å². The van der Waals surface area contributed by atoms with Crippen molar-refractivity contribution in [2.45, 2.75) is 35.8 Å². The Hall–Kier alpha value is 0.440. The van der Waals surface area contributed by atoms with Crippen LogP contribution in [0.25, 0.3) is 0 Å². The maximum Gasteiger partial charge on any atom is 0.0607 e. The third-order valence-electron chi connectivity index (χ3n) is 3.93. The van der Waals surface area contributed by atoms with Gasteiger partial charge in [-0.2, -0.15) is 0 Å². The maximum atomic E-state index is 6.22. The van der Waals surface area contributed by atoms with Crippen molar-refractivity contribution in [3.63, 3.8) is 0 Å². The molecule has 0 saturated heterocycles. The summed E-state index contributed by atoms with van der Waals surface area (Å²) in [6.45, 7) is 0. The third kappa shape index (κ3) is 2.45. The fourth-order valence-electron chi connectivity index (χ4n) is 3.09. The number of rotatable bonds is 2. The molecule has 0 aromatic heterocycles. The highest BCUT2D eigenvalue weighted by Gasteiger charge is 2.40. The number of thioether (sulfide) groups is 1. The minimum absolute atomic E-state index is 0.536. The molecule has 0 heterocycles. The highest BCUT2D eigenvalue weighted by Crippen LogP contribution is 2.52. The summed E-state index contributed by atoms with van der Waals surface area (Å²) in [6.07, 6.45) is 5.57. The molecular weight excluding hydrogens is 295 g/mol. The summed E-state index contributed by atoms with van der Waals surface area (Å²) in [5, 5.41) is 2.59. The topological polar surface area (TPSA) is 0 Å². The lowest BCUT2D eigenvalue weighted by Crippen LogP contribution is -2.12. The summed E-state index contributed by atoms with van der Waals surface area (Å²) in [7, 11) is 0. The molecule has 0 amide bonds. The van der Waals surface area contributed by atoms with Crippen molar-refractivity contribution in [2.75, 3.05) is 0 Å². The molecule has 92 valence electrons. The van der Waals surface area contributed by atoms with Gasteiger partial charge >= 0.3 is 0 Å². The van der Waals surface area contributed by atoms with Gasteiger partial charge in [0.05, 0.1) is 15.1 Å². The third-order valence-corrected chi connectivity index (χ3v) is 6.55. The van der Waals surface area contributed by atoms with E-state index in [9.17, 15) is 0 Å². The van der Waals surface area contributed by atoms with Gasteiger partial charge in [-0.1, -0.05) is 41.2 Å². The quantitative estimate of drug-likeness (QED) is 0.610. The molecule has 1 aromatic rings. The van der Waals surface area contributed by atoms with Crippen molar-refractivity contribution in [1.29, 1.82) is 0 Å². The first-order valence-corrected chi connectivity index (χ1v) is 7.96. The van der Waals surface area contributed by atoms with Gasteiger partial charge in [0.15, 0.2) is 0 Å². The van der Waals surface area contributed by atoms with Gasteiger partial charge in [0, 0.05) is 10.1 Å². The first-order chi connectivity index (χ1) is 8.13. The largest absolute Gasteiger partial charge is 0.121 e. The van der Waals surface area contributed by atoms with Gasteiger partial charge in [-0.05, 0) is 43.2 Å². The van der Waals surface area contributed by atoms with Gasteiger partial charge in [-0.15, -0.1) is 11.8 Å². The minimum atomic E-state index is 0.536. The molecule has 2 aliphatic carbocycles. The number of fused-ring (bicyclic) bond motifs is 2. The molecule has 3 rings (SSSR count). The Morgan fingerprint density at radius 2 is 1.71 bits per heavy atom. The Kier molecular flexibility index (Phi) is 3.56. The number of hydrogen-bond donors (Lipinski definition) is 0. The fraction of sp³-hybridized carbons (Fsp3) is 0.538. The van der Waals surface area contributed by atoms with Crippen LogP contribution in [0.15, 0.2) is 17.0 Å². The molecule has 2 aliphatic rings. The molecule has 0 aliphatic heterocycles.